The molecule has 0 rings (SSSR count). The summed E-state index contributed by atoms with van der Waals surface area (Å²) >= 11 is 0. The second-order valence-electron chi connectivity index (χ2n) is 4.13. The summed E-state index contributed by atoms with van der Waals surface area (Å²) in [5.74, 6) is 0. The molecule has 1 nitrogen and oxygen atoms in total. The monoisotopic (exact) mass is 205 g/mol. The quantitative estimate of drug-likeness (QED) is 0.670. The van der Waals surface area contributed by atoms with Crippen molar-refractivity contribution < 1.29 is 0 Å². The Morgan fingerprint density at radius 2 is 1.73 bits per heavy atom. The van der Waals surface area contributed by atoms with E-state index in [1.54, 1.807) is 0 Å². The van der Waals surface area contributed by atoms with Crippen LogP contribution in [0, 0.1) is 0 Å². The summed E-state index contributed by atoms with van der Waals surface area (Å²) in [5, 5.41) is 3.29. The molecule has 0 unspecified atom stereocenters. The first-order valence-corrected chi connectivity index (χ1v) is 5.34. The molecule has 0 aromatic rings. The van der Waals surface area contributed by atoms with Gasteiger partial charge in [-0.25, -0.2) is 0 Å². The smallest absolute Gasteiger partial charge is 0.0298 e. The van der Waals surface area contributed by atoms with Crippen LogP contribution in [0.25, 0.3) is 0 Å². The van der Waals surface area contributed by atoms with Crippen LogP contribution in [0.2, 0.25) is 0 Å². The Hall–Kier alpha value is -1.24. The standard InChI is InChI=1S/C14H23N/c1-8-14(10(2)3)9-12(6)13(7)15-11(4)5/h8-9,11,15H,2,7H2,1,3-6H3/b12-9+,14-8+. The maximum Gasteiger partial charge on any atom is 0.0298 e. The van der Waals surface area contributed by atoms with Crippen LogP contribution in [0.5, 0.6) is 0 Å². The number of rotatable bonds is 5. The van der Waals surface area contributed by atoms with Crippen LogP contribution in [-0.2, 0) is 0 Å². The zero-order valence-electron chi connectivity index (χ0n) is 10.6. The summed E-state index contributed by atoms with van der Waals surface area (Å²) in [6.07, 6.45) is 4.18. The minimum Gasteiger partial charge on any atom is -0.383 e. The fraction of sp³-hybridized carbons (Fsp3) is 0.429. The average molecular weight is 205 g/mol. The Morgan fingerprint density at radius 1 is 1.20 bits per heavy atom. The van der Waals surface area contributed by atoms with E-state index in [1.807, 2.05) is 13.8 Å². The van der Waals surface area contributed by atoms with Gasteiger partial charge in [0.1, 0.15) is 0 Å². The molecule has 1 N–H and O–H groups in total. The van der Waals surface area contributed by atoms with Gasteiger partial charge in [-0.3, -0.25) is 0 Å². The number of nitrogens with one attached hydrogen (secondary N) is 1. The third-order valence-corrected chi connectivity index (χ3v) is 2.11. The van der Waals surface area contributed by atoms with Gasteiger partial charge in [0.15, 0.2) is 0 Å². The van der Waals surface area contributed by atoms with Crippen LogP contribution in [-0.4, -0.2) is 6.04 Å². The third kappa shape index (κ3) is 5.26. The molecule has 0 amide bonds. The van der Waals surface area contributed by atoms with Crippen molar-refractivity contribution in [2.24, 2.45) is 0 Å². The highest BCUT2D eigenvalue weighted by Crippen LogP contribution is 2.14. The van der Waals surface area contributed by atoms with Gasteiger partial charge in [-0.05, 0) is 45.8 Å². The van der Waals surface area contributed by atoms with E-state index in [0.29, 0.717) is 6.04 Å². The van der Waals surface area contributed by atoms with Crippen molar-refractivity contribution in [2.45, 2.75) is 40.7 Å². The molecule has 0 spiro atoms. The first-order chi connectivity index (χ1) is 6.88. The highest BCUT2D eigenvalue weighted by molar-refractivity contribution is 5.42. The summed E-state index contributed by atoms with van der Waals surface area (Å²) < 4.78 is 0. The lowest BCUT2D eigenvalue weighted by molar-refractivity contribution is 0.676. The minimum absolute atomic E-state index is 0.416. The Kier molecular flexibility index (Phi) is 5.76. The zero-order chi connectivity index (χ0) is 12.0. The van der Waals surface area contributed by atoms with Crippen molar-refractivity contribution in [3.05, 3.63) is 47.7 Å². The van der Waals surface area contributed by atoms with E-state index in [4.69, 9.17) is 0 Å². The van der Waals surface area contributed by atoms with E-state index in [0.717, 1.165) is 16.8 Å². The van der Waals surface area contributed by atoms with E-state index in [-0.39, 0.29) is 0 Å². The van der Waals surface area contributed by atoms with Gasteiger partial charge in [0.2, 0.25) is 0 Å². The predicted octanol–water partition coefficient (Wildman–Crippen LogP) is 3.97. The van der Waals surface area contributed by atoms with Gasteiger partial charge >= 0.3 is 0 Å². The lowest BCUT2D eigenvalue weighted by Gasteiger charge is -2.14. The number of allylic oxidation sites excluding steroid dienone is 5. The SMILES string of the molecule is C=C(NC(C)C)/C(C)=C/C(=C\C)C(=C)C. The topological polar surface area (TPSA) is 12.0 Å². The van der Waals surface area contributed by atoms with Gasteiger partial charge in [0.25, 0.3) is 0 Å². The summed E-state index contributed by atoms with van der Waals surface area (Å²) in [4.78, 5) is 0. The largest absolute Gasteiger partial charge is 0.383 e. The maximum absolute atomic E-state index is 4.01. The van der Waals surface area contributed by atoms with Crippen molar-refractivity contribution in [1.29, 1.82) is 0 Å². The van der Waals surface area contributed by atoms with Crippen LogP contribution in [0.4, 0.5) is 0 Å². The molecular weight excluding hydrogens is 182 g/mol. The van der Waals surface area contributed by atoms with Crippen molar-refractivity contribution in [3.63, 3.8) is 0 Å². The Morgan fingerprint density at radius 3 is 2.07 bits per heavy atom. The van der Waals surface area contributed by atoms with Crippen LogP contribution in [0.15, 0.2) is 47.7 Å². The molecule has 0 aliphatic heterocycles. The Labute approximate surface area is 94.3 Å². The lowest BCUT2D eigenvalue weighted by atomic mass is 10.0. The molecule has 0 aromatic heterocycles. The summed E-state index contributed by atoms with van der Waals surface area (Å²) in [6.45, 7) is 18.2. The van der Waals surface area contributed by atoms with Gasteiger partial charge in [-0.1, -0.05) is 30.9 Å². The van der Waals surface area contributed by atoms with Gasteiger partial charge in [-0.15, -0.1) is 0 Å². The number of hydrogen-bond donors (Lipinski definition) is 1. The second kappa shape index (κ2) is 6.28. The molecule has 0 saturated carbocycles. The molecule has 84 valence electrons. The third-order valence-electron chi connectivity index (χ3n) is 2.11. The molecule has 0 fully saturated rings. The summed E-state index contributed by atoms with van der Waals surface area (Å²) in [7, 11) is 0. The molecule has 0 aliphatic rings. The fourth-order valence-electron chi connectivity index (χ4n) is 1.24. The Balaban J connectivity index is 4.69. The van der Waals surface area contributed by atoms with Crippen molar-refractivity contribution >= 4 is 0 Å². The normalized spacial score (nSPS) is 12.9. The maximum atomic E-state index is 4.01. The minimum atomic E-state index is 0.416. The van der Waals surface area contributed by atoms with Gasteiger partial charge in [0, 0.05) is 11.7 Å². The summed E-state index contributed by atoms with van der Waals surface area (Å²) in [6, 6.07) is 0.416. The summed E-state index contributed by atoms with van der Waals surface area (Å²) in [5.41, 5.74) is 4.37. The molecule has 1 heteroatoms. The molecule has 0 heterocycles. The molecule has 0 bridgehead atoms. The first kappa shape index (κ1) is 13.8. The Bertz CT molecular complexity index is 303. The van der Waals surface area contributed by atoms with Crippen LogP contribution < -0.4 is 5.32 Å². The fourth-order valence-corrected chi connectivity index (χ4v) is 1.24. The highest BCUT2D eigenvalue weighted by atomic mass is 14.9. The molecule has 0 atom stereocenters. The molecular formula is C14H23N. The van der Waals surface area contributed by atoms with Crippen LogP contribution in [0.3, 0.4) is 0 Å². The van der Waals surface area contributed by atoms with Crippen molar-refractivity contribution in [1.82, 2.24) is 5.32 Å². The average Bonchev–Trinajstić information content (AvgIpc) is 2.11. The highest BCUT2D eigenvalue weighted by Gasteiger charge is 2.00. The van der Waals surface area contributed by atoms with E-state index in [9.17, 15) is 0 Å². The predicted molar refractivity (Wildman–Crippen MR) is 69.7 cm³/mol. The second-order valence-corrected chi connectivity index (χ2v) is 4.13. The molecule has 0 aromatic carbocycles. The van der Waals surface area contributed by atoms with Crippen LogP contribution >= 0.6 is 0 Å². The van der Waals surface area contributed by atoms with Crippen LogP contribution in [0.1, 0.15) is 34.6 Å². The molecule has 0 saturated heterocycles. The molecule has 0 aliphatic carbocycles. The van der Waals surface area contributed by atoms with Gasteiger partial charge < -0.3 is 5.32 Å². The zero-order valence-corrected chi connectivity index (χ0v) is 10.6. The van der Waals surface area contributed by atoms with Crippen molar-refractivity contribution in [3.8, 4) is 0 Å². The molecule has 15 heavy (non-hydrogen) atoms. The van der Waals surface area contributed by atoms with E-state index in [1.165, 1.54) is 5.57 Å². The van der Waals surface area contributed by atoms with E-state index >= 15 is 0 Å². The van der Waals surface area contributed by atoms with Gasteiger partial charge in [-0.2, -0.15) is 0 Å². The van der Waals surface area contributed by atoms with E-state index < -0.39 is 0 Å². The van der Waals surface area contributed by atoms with Gasteiger partial charge in [0.05, 0.1) is 0 Å². The number of hydrogen-bond acceptors (Lipinski definition) is 1. The first-order valence-electron chi connectivity index (χ1n) is 5.34. The van der Waals surface area contributed by atoms with Crippen molar-refractivity contribution in [2.75, 3.05) is 0 Å². The molecule has 0 radical (unpaired) electrons. The van der Waals surface area contributed by atoms with E-state index in [2.05, 4.69) is 51.4 Å². The lowest BCUT2D eigenvalue weighted by Crippen LogP contribution is -2.21.